The van der Waals surface area contributed by atoms with Crippen LogP contribution in [0.5, 0.6) is 46.0 Å². The lowest BCUT2D eigenvalue weighted by atomic mass is 9.89. The van der Waals surface area contributed by atoms with E-state index in [0.29, 0.717) is 11.3 Å². The first kappa shape index (κ1) is 67.3. The van der Waals surface area contributed by atoms with Crippen LogP contribution < -0.4 is 63.7 Å². The molecule has 0 fully saturated rings. The molecule has 34 heteroatoms. The Morgan fingerprint density at radius 1 is 0.652 bits per heavy atom. The Labute approximate surface area is 525 Å². The number of carbonyl (C=O) groups excluding carboxylic acids is 7. The molecular formula is C58H53Cl2F3N10O19. The van der Waals surface area contributed by atoms with Crippen molar-refractivity contribution in [3.8, 4) is 57.1 Å². The molecule has 6 aromatic rings. The van der Waals surface area contributed by atoms with E-state index in [4.69, 9.17) is 54.2 Å². The number of aliphatic carboxylic acids is 2. The summed E-state index contributed by atoms with van der Waals surface area (Å²) in [7, 11) is 1.46. The number of halogens is 5. The van der Waals surface area contributed by atoms with Crippen LogP contribution in [-0.2, 0) is 49.6 Å². The number of carbonyl (C=O) groups is 9. The summed E-state index contributed by atoms with van der Waals surface area (Å²) >= 11 is 13.6. The van der Waals surface area contributed by atoms with Gasteiger partial charge in [0.1, 0.15) is 71.2 Å². The van der Waals surface area contributed by atoms with E-state index in [9.17, 15) is 77.7 Å². The van der Waals surface area contributed by atoms with E-state index in [2.05, 4.69) is 42.6 Å². The lowest BCUT2D eigenvalue weighted by Crippen LogP contribution is -2.59. The number of nitrogens with one attached hydrogen (secondary N) is 8. The number of nitrogen functional groups attached to an aromatic ring is 1. The Morgan fingerprint density at radius 3 is 1.79 bits per heavy atom. The summed E-state index contributed by atoms with van der Waals surface area (Å²) in [6.45, 7) is 0. The summed E-state index contributed by atoms with van der Waals surface area (Å²) in [6, 6.07) is 6.82. The van der Waals surface area contributed by atoms with Crippen LogP contribution >= 0.6 is 23.2 Å². The predicted octanol–water partition coefficient (Wildman–Crippen LogP) is 2.51. The van der Waals surface area contributed by atoms with E-state index in [1.165, 1.54) is 25.2 Å². The molecule has 0 saturated carbocycles. The van der Waals surface area contributed by atoms with Crippen molar-refractivity contribution >= 4 is 82.2 Å². The number of benzene rings is 6. The van der Waals surface area contributed by atoms with E-state index in [1.54, 1.807) is 24.3 Å². The average molecular weight is 1320 g/mol. The van der Waals surface area contributed by atoms with Gasteiger partial charge in [0, 0.05) is 28.4 Å². The van der Waals surface area contributed by atoms with Crippen molar-refractivity contribution < 1.29 is 107 Å². The number of hydrazine groups is 1. The summed E-state index contributed by atoms with van der Waals surface area (Å²) in [6.07, 6.45) is -10.2. The molecule has 484 valence electrons. The summed E-state index contributed by atoms with van der Waals surface area (Å²) < 4.78 is 44.0. The van der Waals surface area contributed by atoms with Crippen LogP contribution in [0.4, 0.5) is 18.9 Å². The smallest absolute Gasteiger partial charge is 0.490 e. The standard InChI is InChI=1S/C56H52Cl2N10O17.C2HF3O2/c1-61-32(12-21-3-2-4-26(11-21)68-60)50(76)66-45-47(73)23-6-9-36(30(57)14-23)84-38-16-25-17-39(49(38)75)85-37-10-7-24(15-31(37)58)48(74)46-55(81)65-44(56(82)83)29-18-27(69)19-35(71)41(29)28-13-22(5-8-34(28)70)42(52(78)67-46)64-53(79)43(25)63-51(77)33(20-40(59)72)62-54(45)80;3-2(4,5)1(6)7/h2-11,13-19,32-33,42-48,61,68-71,73-75H,12,20,60H2,1H3,(H2,59,72)(H,62,80)(H,63,77)(H,64,79)(H,65,81)(H,66,76)(H,67,78)(H,82,83);(H,6,7)/t32-,33+,42-,43-,44+,45-,46+,47-,48-;/m1./s1. The minimum absolute atomic E-state index is 0.0137. The van der Waals surface area contributed by atoms with Gasteiger partial charge in [-0.2, -0.15) is 13.2 Å². The number of hydrogen-bond donors (Lipinski definition) is 18. The van der Waals surface area contributed by atoms with Gasteiger partial charge in [-0.05, 0) is 108 Å². The molecule has 0 aliphatic carbocycles. The molecule has 7 amide bonds. The maximum Gasteiger partial charge on any atom is 0.490 e. The number of ether oxygens (including phenoxy) is 2. The number of amides is 7. The van der Waals surface area contributed by atoms with Crippen LogP contribution in [0, 0.1) is 0 Å². The van der Waals surface area contributed by atoms with Gasteiger partial charge in [0.05, 0.1) is 22.5 Å². The molecule has 5 heterocycles. The zero-order chi connectivity index (χ0) is 67.4. The number of alkyl halides is 3. The Bertz CT molecular complexity index is 3980. The van der Waals surface area contributed by atoms with Crippen molar-refractivity contribution in [3.63, 3.8) is 0 Å². The topological polar surface area (TPSA) is 482 Å². The van der Waals surface area contributed by atoms with Crippen molar-refractivity contribution in [1.82, 2.24) is 37.2 Å². The van der Waals surface area contributed by atoms with E-state index in [1.807, 2.05) is 0 Å². The zero-order valence-electron chi connectivity index (χ0n) is 47.0. The molecule has 92 heavy (non-hydrogen) atoms. The van der Waals surface area contributed by atoms with Crippen molar-refractivity contribution in [3.05, 3.63) is 147 Å². The number of carboxylic acids is 2. The van der Waals surface area contributed by atoms with Crippen molar-refractivity contribution in [2.24, 2.45) is 11.6 Å². The van der Waals surface area contributed by atoms with Gasteiger partial charge in [-0.1, -0.05) is 53.5 Å². The second kappa shape index (κ2) is 27.6. The molecule has 9 atom stereocenters. The maximum atomic E-state index is 15.4. The quantitative estimate of drug-likeness (QED) is 0.0730. The Hall–Kier alpha value is -10.6. The fourth-order valence-corrected chi connectivity index (χ4v) is 10.3. The monoisotopic (exact) mass is 1320 g/mol. The molecular weight excluding hydrogens is 1270 g/mol. The highest BCUT2D eigenvalue weighted by molar-refractivity contribution is 6.32. The summed E-state index contributed by atoms with van der Waals surface area (Å²) in [4.78, 5) is 123. The number of phenolic OH excluding ortho intramolecular Hbond substituents is 4. The highest BCUT2D eigenvalue weighted by atomic mass is 35.5. The van der Waals surface area contributed by atoms with Crippen LogP contribution in [0.15, 0.2) is 103 Å². The number of hydrogen-bond acceptors (Lipinski definition) is 20. The predicted molar refractivity (Wildman–Crippen MR) is 312 cm³/mol. The third-order valence-corrected chi connectivity index (χ3v) is 15.0. The minimum atomic E-state index is -5.08. The number of rotatable bonds is 9. The summed E-state index contributed by atoms with van der Waals surface area (Å²) in [5.74, 6) is -12.4. The van der Waals surface area contributed by atoms with Gasteiger partial charge in [-0.25, -0.2) is 9.59 Å². The number of fused-ring (bicyclic) bond motifs is 15. The van der Waals surface area contributed by atoms with Crippen molar-refractivity contribution in [2.75, 3.05) is 12.5 Å². The minimum Gasteiger partial charge on any atom is -0.508 e. The maximum absolute atomic E-state index is 15.4. The molecule has 6 aromatic carbocycles. The van der Waals surface area contributed by atoms with Crippen LogP contribution in [0.1, 0.15) is 70.1 Å². The fourth-order valence-electron chi connectivity index (χ4n) is 9.86. The number of aliphatic hydroxyl groups is 2. The lowest BCUT2D eigenvalue weighted by molar-refractivity contribution is -0.192. The van der Waals surface area contributed by atoms with Gasteiger partial charge >= 0.3 is 18.1 Å². The number of aliphatic hydroxyl groups excluding tert-OH is 2. The number of nitrogens with two attached hydrogens (primary N) is 2. The molecule has 0 aromatic heterocycles. The molecule has 0 unspecified atom stereocenters. The Balaban J connectivity index is 0.00000147. The molecule has 0 spiro atoms. The number of aromatic hydroxyl groups is 4. The second-order valence-electron chi connectivity index (χ2n) is 20.6. The van der Waals surface area contributed by atoms with Crippen LogP contribution in [0.2, 0.25) is 10.0 Å². The highest BCUT2D eigenvalue weighted by Crippen LogP contribution is 2.48. The number of anilines is 1. The van der Waals surface area contributed by atoms with Crippen LogP contribution in [-0.4, -0.2) is 132 Å². The molecule has 11 rings (SSSR count). The van der Waals surface area contributed by atoms with Gasteiger partial charge in [0.2, 0.25) is 47.1 Å². The molecule has 0 saturated heterocycles. The Morgan fingerprint density at radius 2 is 1.23 bits per heavy atom. The van der Waals surface area contributed by atoms with E-state index in [-0.39, 0.29) is 50.2 Å². The molecule has 29 nitrogen and oxygen atoms in total. The van der Waals surface area contributed by atoms with E-state index in [0.717, 1.165) is 60.7 Å². The zero-order valence-corrected chi connectivity index (χ0v) is 48.6. The van der Waals surface area contributed by atoms with Gasteiger partial charge in [0.25, 0.3) is 0 Å². The highest BCUT2D eigenvalue weighted by Gasteiger charge is 2.42. The average Bonchev–Trinajstić information content (AvgIpc) is 0.784. The molecule has 0 radical (unpaired) electrons. The van der Waals surface area contributed by atoms with E-state index >= 15 is 9.59 Å². The molecule has 11 bridgehead atoms. The molecule has 20 N–H and O–H groups in total. The van der Waals surface area contributed by atoms with Gasteiger partial charge < -0.3 is 98.7 Å². The molecule has 5 aliphatic rings. The first-order chi connectivity index (χ1) is 43.4. The SMILES string of the molecule is CN[C@H](Cc1cccc(NN)c1)C(=O)N[C@H]1C(=O)N[C@@H](CC(N)=O)C(=O)N[C@H]2C(=O)N[C@H]3C(=O)N[C@H](C(=O)N[C@H](C(=O)O)c4cc(O)cc(O)c4-c4cc3ccc4O)[C@H](O)c3ccc(c(Cl)c3)Oc3cc2cc(c3O)Oc2ccc(cc2Cl)[C@H]1O.O=C(O)C(F)(F)F. The van der Waals surface area contributed by atoms with E-state index < -0.39 is 172 Å². The van der Waals surface area contributed by atoms with Gasteiger partial charge in [0.15, 0.2) is 17.5 Å². The number of likely N-dealkylation sites (N-methyl/N-ethyl adjacent to an activating group) is 1. The second-order valence-corrected chi connectivity index (χ2v) is 21.4. The Kier molecular flexibility index (Phi) is 20.2. The third kappa shape index (κ3) is 15.0. The van der Waals surface area contributed by atoms with Gasteiger partial charge in [-0.15, -0.1) is 0 Å². The first-order valence-corrected chi connectivity index (χ1v) is 27.6. The largest absolute Gasteiger partial charge is 0.508 e. The number of primary amides is 1. The number of phenols is 4. The van der Waals surface area contributed by atoms with Crippen LogP contribution in [0.25, 0.3) is 11.1 Å². The van der Waals surface area contributed by atoms with Crippen molar-refractivity contribution in [1.29, 1.82) is 0 Å². The first-order valence-electron chi connectivity index (χ1n) is 26.8. The molecule has 5 aliphatic heterocycles. The van der Waals surface area contributed by atoms with Gasteiger partial charge in [-0.3, -0.25) is 39.4 Å². The van der Waals surface area contributed by atoms with Crippen LogP contribution in [0.3, 0.4) is 0 Å². The summed E-state index contributed by atoms with van der Waals surface area (Å²) in [5.41, 5.74) is 6.87. The fraction of sp³-hybridized carbons (Fsp3) is 0.224. The normalized spacial score (nSPS) is 20.9. The summed E-state index contributed by atoms with van der Waals surface area (Å²) in [5, 5.41) is 104. The van der Waals surface area contributed by atoms with Crippen molar-refractivity contribution in [2.45, 2.75) is 73.5 Å². The third-order valence-electron chi connectivity index (χ3n) is 14.4. The number of carboxylic acid groups (broad SMARTS) is 2. The lowest BCUT2D eigenvalue weighted by Gasteiger charge is -2.31.